The maximum Gasteiger partial charge on any atom is 0.161 e. The molecule has 0 saturated heterocycles. The van der Waals surface area contributed by atoms with Crippen molar-refractivity contribution in [2.45, 2.75) is 19.5 Å². The first-order valence-corrected chi connectivity index (χ1v) is 9.35. The fraction of sp³-hybridized carbons (Fsp3) is 0.304. The van der Waals surface area contributed by atoms with E-state index in [9.17, 15) is 0 Å². The van der Waals surface area contributed by atoms with E-state index in [0.717, 1.165) is 31.1 Å². The minimum absolute atomic E-state index is 0.305. The predicted molar refractivity (Wildman–Crippen MR) is 112 cm³/mol. The normalized spacial score (nSPS) is 12.1. The van der Waals surface area contributed by atoms with Crippen LogP contribution in [0.2, 0.25) is 0 Å². The summed E-state index contributed by atoms with van der Waals surface area (Å²) in [7, 11) is 3.31. The van der Waals surface area contributed by atoms with Crippen LogP contribution in [-0.4, -0.2) is 27.3 Å². The summed E-state index contributed by atoms with van der Waals surface area (Å²) in [5.41, 5.74) is 2.52. The molecule has 0 unspecified atom stereocenters. The van der Waals surface area contributed by atoms with Crippen LogP contribution in [0.1, 0.15) is 24.1 Å². The molecule has 0 aromatic heterocycles. The third-order valence-corrected chi connectivity index (χ3v) is 4.82. The number of hydrogen-bond donors (Lipinski definition) is 2. The van der Waals surface area contributed by atoms with E-state index in [4.69, 9.17) is 9.47 Å². The quantitative estimate of drug-likeness (QED) is 0.556. The van der Waals surface area contributed by atoms with Crippen LogP contribution in [-0.2, 0) is 6.54 Å². The van der Waals surface area contributed by atoms with Crippen LogP contribution in [0.4, 0.5) is 0 Å². The summed E-state index contributed by atoms with van der Waals surface area (Å²) in [5, 5.41) is 9.69. The molecule has 0 aliphatic carbocycles. The van der Waals surface area contributed by atoms with Gasteiger partial charge in [-0.25, -0.2) is 0 Å². The average Bonchev–Trinajstić information content (AvgIpc) is 2.72. The molecule has 0 fully saturated rings. The lowest BCUT2D eigenvalue weighted by atomic mass is 10.00. The zero-order valence-electron chi connectivity index (χ0n) is 16.3. The molecule has 142 valence electrons. The Bertz CT molecular complexity index is 874. The number of fused-ring (bicyclic) bond motifs is 1. The van der Waals surface area contributed by atoms with E-state index in [2.05, 4.69) is 66.1 Å². The number of benzene rings is 3. The molecule has 1 atom stereocenters. The summed E-state index contributed by atoms with van der Waals surface area (Å²) in [6, 6.07) is 21.4. The molecule has 0 aliphatic heterocycles. The monoisotopic (exact) mass is 364 g/mol. The summed E-state index contributed by atoms with van der Waals surface area (Å²) in [4.78, 5) is 0. The lowest BCUT2D eigenvalue weighted by molar-refractivity contribution is 0.354. The van der Waals surface area contributed by atoms with Gasteiger partial charge in [-0.05, 0) is 41.0 Å². The zero-order valence-corrected chi connectivity index (χ0v) is 16.3. The van der Waals surface area contributed by atoms with Crippen LogP contribution in [0.25, 0.3) is 10.8 Å². The topological polar surface area (TPSA) is 42.5 Å². The van der Waals surface area contributed by atoms with E-state index >= 15 is 0 Å². The van der Waals surface area contributed by atoms with Crippen LogP contribution >= 0.6 is 0 Å². The van der Waals surface area contributed by atoms with Crippen molar-refractivity contribution in [2.75, 3.05) is 27.3 Å². The number of rotatable bonds is 9. The SMILES string of the molecule is COc1ccc(CNCCN[C@@H](C)c2cccc3ccccc23)cc1OC. The second-order valence-corrected chi connectivity index (χ2v) is 6.61. The molecule has 0 aliphatic rings. The maximum atomic E-state index is 5.35. The smallest absolute Gasteiger partial charge is 0.161 e. The van der Waals surface area contributed by atoms with Crippen LogP contribution in [0.5, 0.6) is 11.5 Å². The van der Waals surface area contributed by atoms with Crippen molar-refractivity contribution in [2.24, 2.45) is 0 Å². The summed E-state index contributed by atoms with van der Waals surface area (Å²) < 4.78 is 10.6. The van der Waals surface area contributed by atoms with Crippen LogP contribution in [0.15, 0.2) is 60.7 Å². The molecule has 3 rings (SSSR count). The fourth-order valence-corrected chi connectivity index (χ4v) is 3.34. The first kappa shape index (κ1) is 19.2. The average molecular weight is 364 g/mol. The summed E-state index contributed by atoms with van der Waals surface area (Å²) in [6.07, 6.45) is 0. The van der Waals surface area contributed by atoms with Crippen LogP contribution in [0, 0.1) is 0 Å². The molecule has 2 N–H and O–H groups in total. The molecule has 0 bridgehead atoms. The largest absolute Gasteiger partial charge is 0.493 e. The molecular weight excluding hydrogens is 336 g/mol. The highest BCUT2D eigenvalue weighted by atomic mass is 16.5. The first-order chi connectivity index (χ1) is 13.2. The van der Waals surface area contributed by atoms with Crippen molar-refractivity contribution in [3.8, 4) is 11.5 Å². The Labute approximate surface area is 161 Å². The Morgan fingerprint density at radius 3 is 2.44 bits per heavy atom. The Morgan fingerprint density at radius 2 is 1.63 bits per heavy atom. The molecule has 0 radical (unpaired) electrons. The van der Waals surface area contributed by atoms with Crippen LogP contribution in [0.3, 0.4) is 0 Å². The third-order valence-electron chi connectivity index (χ3n) is 4.82. The molecular formula is C23H28N2O2. The van der Waals surface area contributed by atoms with Gasteiger partial charge in [0.1, 0.15) is 0 Å². The predicted octanol–water partition coefficient (Wildman–Crippen LogP) is 4.30. The third kappa shape index (κ3) is 4.79. The molecule has 0 spiro atoms. The van der Waals surface area contributed by atoms with Crippen molar-refractivity contribution in [3.05, 3.63) is 71.8 Å². The van der Waals surface area contributed by atoms with Crippen molar-refractivity contribution in [1.82, 2.24) is 10.6 Å². The molecule has 0 heterocycles. The standard InChI is InChI=1S/C23H28N2O2/c1-17(20-10-6-8-19-7-4-5-9-21(19)20)25-14-13-24-16-18-11-12-22(26-2)23(15-18)27-3/h4-12,15,17,24-25H,13-14,16H2,1-3H3/t17-/m0/s1. The van der Waals surface area contributed by atoms with Gasteiger partial charge in [-0.15, -0.1) is 0 Å². The van der Waals surface area contributed by atoms with Crippen molar-refractivity contribution >= 4 is 10.8 Å². The van der Waals surface area contributed by atoms with Gasteiger partial charge in [0.25, 0.3) is 0 Å². The van der Waals surface area contributed by atoms with Gasteiger partial charge >= 0.3 is 0 Å². The fourth-order valence-electron chi connectivity index (χ4n) is 3.34. The van der Waals surface area contributed by atoms with Gasteiger partial charge in [0.15, 0.2) is 11.5 Å². The highest BCUT2D eigenvalue weighted by Crippen LogP contribution is 2.27. The number of hydrogen-bond acceptors (Lipinski definition) is 4. The number of methoxy groups -OCH3 is 2. The molecule has 3 aromatic rings. The summed E-state index contributed by atoms with van der Waals surface area (Å²) in [6.45, 7) is 4.81. The van der Waals surface area contributed by atoms with Gasteiger partial charge in [0, 0.05) is 25.7 Å². The highest BCUT2D eigenvalue weighted by Gasteiger charge is 2.08. The van der Waals surface area contributed by atoms with Crippen molar-refractivity contribution in [3.63, 3.8) is 0 Å². The Hall–Kier alpha value is -2.56. The zero-order chi connectivity index (χ0) is 19.1. The number of nitrogens with one attached hydrogen (secondary N) is 2. The Morgan fingerprint density at radius 1 is 0.852 bits per heavy atom. The van der Waals surface area contributed by atoms with E-state index in [1.807, 2.05) is 12.1 Å². The van der Waals surface area contributed by atoms with Gasteiger partial charge in [-0.1, -0.05) is 48.5 Å². The molecule has 3 aromatic carbocycles. The summed E-state index contributed by atoms with van der Waals surface area (Å²) in [5.74, 6) is 1.52. The first-order valence-electron chi connectivity index (χ1n) is 9.35. The van der Waals surface area contributed by atoms with E-state index in [1.54, 1.807) is 14.2 Å². The van der Waals surface area contributed by atoms with Gasteiger partial charge in [0.2, 0.25) is 0 Å². The van der Waals surface area contributed by atoms with Crippen molar-refractivity contribution in [1.29, 1.82) is 0 Å². The van der Waals surface area contributed by atoms with Gasteiger partial charge < -0.3 is 20.1 Å². The Balaban J connectivity index is 1.49. The lowest BCUT2D eigenvalue weighted by Gasteiger charge is -2.17. The van der Waals surface area contributed by atoms with Crippen LogP contribution < -0.4 is 20.1 Å². The van der Waals surface area contributed by atoms with E-state index in [1.165, 1.54) is 21.9 Å². The number of ether oxygens (including phenoxy) is 2. The van der Waals surface area contributed by atoms with E-state index < -0.39 is 0 Å². The lowest BCUT2D eigenvalue weighted by Crippen LogP contribution is -2.29. The molecule has 4 nitrogen and oxygen atoms in total. The molecule has 0 saturated carbocycles. The van der Waals surface area contributed by atoms with Crippen molar-refractivity contribution < 1.29 is 9.47 Å². The summed E-state index contributed by atoms with van der Waals surface area (Å²) >= 11 is 0. The second kappa shape index (κ2) is 9.40. The van der Waals surface area contributed by atoms with Gasteiger partial charge in [0.05, 0.1) is 14.2 Å². The Kier molecular flexibility index (Phi) is 6.69. The molecule has 0 amide bonds. The second-order valence-electron chi connectivity index (χ2n) is 6.61. The van der Waals surface area contributed by atoms with Gasteiger partial charge in [-0.2, -0.15) is 0 Å². The molecule has 27 heavy (non-hydrogen) atoms. The van der Waals surface area contributed by atoms with E-state index in [0.29, 0.717) is 6.04 Å². The maximum absolute atomic E-state index is 5.35. The van der Waals surface area contributed by atoms with Gasteiger partial charge in [-0.3, -0.25) is 0 Å². The minimum atomic E-state index is 0.305. The molecule has 4 heteroatoms. The van der Waals surface area contributed by atoms with E-state index in [-0.39, 0.29) is 0 Å². The minimum Gasteiger partial charge on any atom is -0.493 e. The highest BCUT2D eigenvalue weighted by molar-refractivity contribution is 5.86.